The maximum atomic E-state index is 8.92. The molecule has 1 saturated heterocycles. The van der Waals surface area contributed by atoms with E-state index in [0.29, 0.717) is 6.54 Å². The second-order valence-electron chi connectivity index (χ2n) is 2.97. The molecular formula is C8H14N2O. The van der Waals surface area contributed by atoms with E-state index in [4.69, 9.17) is 17.3 Å². The second-order valence-corrected chi connectivity index (χ2v) is 2.97. The lowest BCUT2D eigenvalue weighted by atomic mass is 10.2. The predicted octanol–water partition coefficient (Wildman–Crippen LogP) is -0.986. The van der Waals surface area contributed by atoms with Gasteiger partial charge in [-0.05, 0) is 6.42 Å². The summed E-state index contributed by atoms with van der Waals surface area (Å²) in [6.07, 6.45) is 6.02. The minimum absolute atomic E-state index is 0.162. The van der Waals surface area contributed by atoms with Gasteiger partial charge in [0.25, 0.3) is 0 Å². The quantitative estimate of drug-likeness (QED) is 0.502. The molecule has 0 amide bonds. The van der Waals surface area contributed by atoms with Gasteiger partial charge in [0, 0.05) is 18.6 Å². The highest BCUT2D eigenvalue weighted by atomic mass is 16.3. The van der Waals surface area contributed by atoms with Gasteiger partial charge < -0.3 is 10.8 Å². The molecule has 0 aromatic carbocycles. The van der Waals surface area contributed by atoms with Crippen molar-refractivity contribution in [1.29, 1.82) is 0 Å². The van der Waals surface area contributed by atoms with Crippen LogP contribution in [0.2, 0.25) is 0 Å². The van der Waals surface area contributed by atoms with E-state index in [1.807, 2.05) is 4.90 Å². The third-order valence-corrected chi connectivity index (χ3v) is 2.07. The van der Waals surface area contributed by atoms with Crippen LogP contribution in [0.15, 0.2) is 0 Å². The standard InChI is InChI=1S/C8H14N2O/c1-2-3-10-5-7(9)4-8(10)6-11/h1,7-8,11H,3-6,9H2/t7-,8-/m0/s1. The number of terminal acetylenes is 1. The van der Waals surface area contributed by atoms with Gasteiger partial charge in [-0.25, -0.2) is 0 Å². The van der Waals surface area contributed by atoms with Crippen LogP contribution in [0, 0.1) is 12.3 Å². The van der Waals surface area contributed by atoms with Crippen molar-refractivity contribution in [3.05, 3.63) is 0 Å². The molecule has 0 saturated carbocycles. The molecule has 3 N–H and O–H groups in total. The third-order valence-electron chi connectivity index (χ3n) is 2.07. The fraction of sp³-hybridized carbons (Fsp3) is 0.750. The van der Waals surface area contributed by atoms with Gasteiger partial charge in [-0.3, -0.25) is 4.90 Å². The van der Waals surface area contributed by atoms with E-state index in [1.165, 1.54) is 0 Å². The van der Waals surface area contributed by atoms with E-state index in [2.05, 4.69) is 5.92 Å². The fourth-order valence-corrected chi connectivity index (χ4v) is 1.52. The Hall–Kier alpha value is -0.560. The largest absolute Gasteiger partial charge is 0.395 e. The minimum Gasteiger partial charge on any atom is -0.395 e. The molecule has 3 heteroatoms. The van der Waals surface area contributed by atoms with Gasteiger partial charge >= 0.3 is 0 Å². The molecule has 11 heavy (non-hydrogen) atoms. The number of hydrogen-bond donors (Lipinski definition) is 2. The molecule has 0 aromatic rings. The van der Waals surface area contributed by atoms with Gasteiger partial charge in [-0.2, -0.15) is 0 Å². The Labute approximate surface area is 67.2 Å². The van der Waals surface area contributed by atoms with Crippen LogP contribution in [0.3, 0.4) is 0 Å². The van der Waals surface area contributed by atoms with Gasteiger partial charge in [-0.1, -0.05) is 5.92 Å². The van der Waals surface area contributed by atoms with Crippen molar-refractivity contribution in [2.24, 2.45) is 5.73 Å². The number of aliphatic hydroxyl groups is 1. The molecule has 1 aliphatic heterocycles. The van der Waals surface area contributed by atoms with Crippen molar-refractivity contribution < 1.29 is 5.11 Å². The number of hydrogen-bond acceptors (Lipinski definition) is 3. The highest BCUT2D eigenvalue weighted by Crippen LogP contribution is 2.14. The molecule has 1 fully saturated rings. The fourth-order valence-electron chi connectivity index (χ4n) is 1.52. The van der Waals surface area contributed by atoms with E-state index in [9.17, 15) is 0 Å². The Bertz CT molecular complexity index is 164. The van der Waals surface area contributed by atoms with Crippen LogP contribution in [0.1, 0.15) is 6.42 Å². The highest BCUT2D eigenvalue weighted by Gasteiger charge is 2.28. The second kappa shape index (κ2) is 3.72. The summed E-state index contributed by atoms with van der Waals surface area (Å²) in [5.74, 6) is 2.55. The minimum atomic E-state index is 0.162. The average Bonchev–Trinajstić information content (AvgIpc) is 2.32. The van der Waals surface area contributed by atoms with E-state index in [0.717, 1.165) is 13.0 Å². The molecule has 62 valence electrons. The van der Waals surface area contributed by atoms with Crippen molar-refractivity contribution in [2.45, 2.75) is 18.5 Å². The Morgan fingerprint density at radius 3 is 3.00 bits per heavy atom. The number of nitrogens with two attached hydrogens (primary N) is 1. The molecule has 1 rings (SSSR count). The first-order valence-corrected chi connectivity index (χ1v) is 3.82. The van der Waals surface area contributed by atoms with Crippen molar-refractivity contribution in [1.82, 2.24) is 4.90 Å². The highest BCUT2D eigenvalue weighted by molar-refractivity contribution is 4.95. The van der Waals surface area contributed by atoms with Crippen molar-refractivity contribution >= 4 is 0 Å². The molecule has 3 nitrogen and oxygen atoms in total. The van der Waals surface area contributed by atoms with Crippen LogP contribution in [-0.2, 0) is 0 Å². The lowest BCUT2D eigenvalue weighted by Crippen LogP contribution is -2.33. The zero-order valence-electron chi connectivity index (χ0n) is 6.53. The number of rotatable bonds is 2. The smallest absolute Gasteiger partial charge is 0.0602 e. The van der Waals surface area contributed by atoms with Crippen molar-refractivity contribution in [2.75, 3.05) is 19.7 Å². The summed E-state index contributed by atoms with van der Waals surface area (Å²) in [7, 11) is 0. The van der Waals surface area contributed by atoms with Gasteiger partial charge in [0.15, 0.2) is 0 Å². The lowest BCUT2D eigenvalue weighted by molar-refractivity contribution is 0.171. The molecule has 0 bridgehead atoms. The van der Waals surface area contributed by atoms with Crippen molar-refractivity contribution in [3.8, 4) is 12.3 Å². The molecule has 0 unspecified atom stereocenters. The normalized spacial score (nSPS) is 32.1. The van der Waals surface area contributed by atoms with Crippen LogP contribution in [-0.4, -0.2) is 41.8 Å². The SMILES string of the molecule is C#CCN1C[C@@H](N)C[C@H]1CO. The summed E-state index contributed by atoms with van der Waals surface area (Å²) in [5.41, 5.74) is 5.70. The number of aliphatic hydroxyl groups excluding tert-OH is 1. The Kier molecular flexibility index (Phi) is 2.89. The first-order valence-electron chi connectivity index (χ1n) is 3.82. The lowest BCUT2D eigenvalue weighted by Gasteiger charge is -2.18. The molecule has 0 aliphatic carbocycles. The molecule has 0 aromatic heterocycles. The zero-order valence-corrected chi connectivity index (χ0v) is 6.53. The Balaban J connectivity index is 2.45. The van der Waals surface area contributed by atoms with Gasteiger partial charge in [0.2, 0.25) is 0 Å². The summed E-state index contributed by atoms with van der Waals surface area (Å²) in [4.78, 5) is 2.05. The van der Waals surface area contributed by atoms with Gasteiger partial charge in [-0.15, -0.1) is 6.42 Å². The van der Waals surface area contributed by atoms with Crippen LogP contribution in [0.4, 0.5) is 0 Å². The maximum Gasteiger partial charge on any atom is 0.0602 e. The summed E-state index contributed by atoms with van der Waals surface area (Å²) in [5, 5.41) is 8.92. The molecule has 2 atom stereocenters. The first-order chi connectivity index (χ1) is 5.27. The molecule has 1 aliphatic rings. The summed E-state index contributed by atoms with van der Waals surface area (Å²) in [6.45, 7) is 1.57. The number of likely N-dealkylation sites (tertiary alicyclic amines) is 1. The molecule has 0 radical (unpaired) electrons. The van der Waals surface area contributed by atoms with Crippen LogP contribution >= 0.6 is 0 Å². The Morgan fingerprint density at radius 2 is 2.45 bits per heavy atom. The predicted molar refractivity (Wildman–Crippen MR) is 43.9 cm³/mol. The topological polar surface area (TPSA) is 49.5 Å². The summed E-state index contributed by atoms with van der Waals surface area (Å²) < 4.78 is 0. The van der Waals surface area contributed by atoms with Gasteiger partial charge in [0.05, 0.1) is 13.2 Å². The number of nitrogens with zero attached hydrogens (tertiary/aromatic N) is 1. The van der Waals surface area contributed by atoms with E-state index < -0.39 is 0 Å². The summed E-state index contributed by atoms with van der Waals surface area (Å²) >= 11 is 0. The monoisotopic (exact) mass is 154 g/mol. The zero-order chi connectivity index (χ0) is 8.27. The average molecular weight is 154 g/mol. The molecule has 1 heterocycles. The van der Waals surface area contributed by atoms with E-state index >= 15 is 0 Å². The molecule has 0 spiro atoms. The van der Waals surface area contributed by atoms with Crippen LogP contribution in [0.5, 0.6) is 0 Å². The summed E-state index contributed by atoms with van der Waals surface area (Å²) in [6, 6.07) is 0.363. The first kappa shape index (κ1) is 8.54. The van der Waals surface area contributed by atoms with Crippen LogP contribution in [0.25, 0.3) is 0 Å². The van der Waals surface area contributed by atoms with Crippen LogP contribution < -0.4 is 5.73 Å². The maximum absolute atomic E-state index is 8.92. The Morgan fingerprint density at radius 1 is 1.73 bits per heavy atom. The third kappa shape index (κ3) is 1.93. The van der Waals surface area contributed by atoms with Crippen molar-refractivity contribution in [3.63, 3.8) is 0 Å². The van der Waals surface area contributed by atoms with Gasteiger partial charge in [0.1, 0.15) is 0 Å². The molecular weight excluding hydrogens is 140 g/mol. The van der Waals surface area contributed by atoms with E-state index in [1.54, 1.807) is 0 Å². The van der Waals surface area contributed by atoms with E-state index in [-0.39, 0.29) is 18.7 Å².